The Kier molecular flexibility index (Phi) is 3.80. The van der Waals surface area contributed by atoms with Gasteiger partial charge in [0.1, 0.15) is 11.8 Å². The number of hydrogen-bond acceptors (Lipinski definition) is 3. The molecule has 1 saturated carbocycles. The van der Waals surface area contributed by atoms with Gasteiger partial charge < -0.3 is 15.6 Å². The second kappa shape index (κ2) is 5.74. The van der Waals surface area contributed by atoms with Gasteiger partial charge in [-0.15, -0.1) is 0 Å². The minimum absolute atomic E-state index is 0.318. The first kappa shape index (κ1) is 13.9. The first-order chi connectivity index (χ1) is 10.1. The summed E-state index contributed by atoms with van der Waals surface area (Å²) in [6.07, 6.45) is 2.83. The number of hydrogen-bond donors (Lipinski definition) is 2. The van der Waals surface area contributed by atoms with Crippen LogP contribution in [0.15, 0.2) is 36.4 Å². The van der Waals surface area contributed by atoms with E-state index < -0.39 is 12.0 Å². The number of carboxylic acid groups (broad SMARTS) is 1. The Hall–Kier alpha value is -2.07. The van der Waals surface area contributed by atoms with Crippen LogP contribution >= 0.6 is 0 Å². The molecule has 1 fully saturated rings. The zero-order valence-electron chi connectivity index (χ0n) is 11.8. The Labute approximate surface area is 123 Å². The van der Waals surface area contributed by atoms with Gasteiger partial charge in [0.25, 0.3) is 0 Å². The van der Waals surface area contributed by atoms with Gasteiger partial charge in [-0.3, -0.25) is 4.79 Å². The summed E-state index contributed by atoms with van der Waals surface area (Å²) in [7, 11) is 0. The molecular formula is C17H19NO3. The van der Waals surface area contributed by atoms with E-state index in [-0.39, 0.29) is 0 Å². The van der Waals surface area contributed by atoms with Crippen LogP contribution in [0.4, 0.5) is 0 Å². The molecule has 1 atom stereocenters. The highest BCUT2D eigenvalue weighted by Gasteiger charge is 2.22. The van der Waals surface area contributed by atoms with E-state index in [1.807, 2.05) is 36.4 Å². The van der Waals surface area contributed by atoms with E-state index in [9.17, 15) is 4.79 Å². The van der Waals surface area contributed by atoms with Crippen molar-refractivity contribution in [2.45, 2.75) is 25.3 Å². The summed E-state index contributed by atoms with van der Waals surface area (Å²) in [5, 5.41) is 11.0. The van der Waals surface area contributed by atoms with Crippen molar-refractivity contribution in [2.75, 3.05) is 6.61 Å². The van der Waals surface area contributed by atoms with Crippen LogP contribution in [0.1, 0.15) is 18.4 Å². The summed E-state index contributed by atoms with van der Waals surface area (Å²) in [6, 6.07) is 10.9. The monoisotopic (exact) mass is 285 g/mol. The van der Waals surface area contributed by atoms with Crippen LogP contribution in [-0.4, -0.2) is 23.7 Å². The van der Waals surface area contributed by atoms with E-state index in [1.54, 1.807) is 0 Å². The average Bonchev–Trinajstić information content (AvgIpc) is 3.30. The summed E-state index contributed by atoms with van der Waals surface area (Å²) in [5.74, 6) is 0.585. The third kappa shape index (κ3) is 3.16. The van der Waals surface area contributed by atoms with Crippen LogP contribution in [0, 0.1) is 5.92 Å². The fourth-order valence-corrected chi connectivity index (χ4v) is 2.45. The molecule has 0 bridgehead atoms. The van der Waals surface area contributed by atoms with Crippen molar-refractivity contribution < 1.29 is 14.6 Å². The molecule has 2 aromatic carbocycles. The van der Waals surface area contributed by atoms with E-state index in [0.29, 0.717) is 12.3 Å². The molecule has 0 radical (unpaired) electrons. The Morgan fingerprint density at radius 3 is 2.62 bits per heavy atom. The van der Waals surface area contributed by atoms with E-state index in [2.05, 4.69) is 0 Å². The van der Waals surface area contributed by atoms with Gasteiger partial charge in [-0.2, -0.15) is 0 Å². The van der Waals surface area contributed by atoms with Gasteiger partial charge in [0.2, 0.25) is 0 Å². The lowest BCUT2D eigenvalue weighted by molar-refractivity contribution is -0.138. The maximum Gasteiger partial charge on any atom is 0.320 e. The van der Waals surface area contributed by atoms with Gasteiger partial charge in [0.15, 0.2) is 0 Å². The largest absolute Gasteiger partial charge is 0.493 e. The molecule has 0 saturated heterocycles. The highest BCUT2D eigenvalue weighted by atomic mass is 16.5. The smallest absolute Gasteiger partial charge is 0.320 e. The van der Waals surface area contributed by atoms with Crippen LogP contribution in [0.3, 0.4) is 0 Å². The van der Waals surface area contributed by atoms with E-state index in [1.165, 1.54) is 12.8 Å². The Morgan fingerprint density at radius 1 is 1.24 bits per heavy atom. The number of fused-ring (bicyclic) bond motifs is 1. The molecule has 4 nitrogen and oxygen atoms in total. The molecule has 4 heteroatoms. The second-order valence-electron chi connectivity index (χ2n) is 5.67. The lowest BCUT2D eigenvalue weighted by Gasteiger charge is -2.14. The molecule has 3 N–H and O–H groups in total. The fraction of sp³-hybridized carbons (Fsp3) is 0.353. The van der Waals surface area contributed by atoms with E-state index in [4.69, 9.17) is 15.6 Å². The molecule has 0 amide bonds. The highest BCUT2D eigenvalue weighted by molar-refractivity contribution is 5.91. The standard InChI is InChI=1S/C17H19NO3/c18-15(17(19)20)9-12-7-8-16(21-10-11-5-6-11)14-4-2-1-3-13(12)14/h1-4,7-8,11,15H,5-6,9-10,18H2,(H,19,20). The van der Waals surface area contributed by atoms with Gasteiger partial charge in [0, 0.05) is 5.39 Å². The van der Waals surface area contributed by atoms with Crippen molar-refractivity contribution in [3.05, 3.63) is 42.0 Å². The lowest BCUT2D eigenvalue weighted by atomic mass is 9.98. The minimum atomic E-state index is -0.979. The molecule has 2 aromatic rings. The molecule has 1 aliphatic carbocycles. The third-order valence-electron chi connectivity index (χ3n) is 3.90. The van der Waals surface area contributed by atoms with Crippen molar-refractivity contribution in [2.24, 2.45) is 11.7 Å². The molecule has 21 heavy (non-hydrogen) atoms. The van der Waals surface area contributed by atoms with Crippen molar-refractivity contribution in [3.63, 3.8) is 0 Å². The summed E-state index contributed by atoms with van der Waals surface area (Å²) in [5.41, 5.74) is 6.60. The number of aliphatic carboxylic acids is 1. The van der Waals surface area contributed by atoms with Crippen LogP contribution in [0.25, 0.3) is 10.8 Å². The average molecular weight is 285 g/mol. The predicted octanol–water partition coefficient (Wildman–Crippen LogP) is 2.58. The lowest BCUT2D eigenvalue weighted by Crippen LogP contribution is -2.32. The summed E-state index contributed by atoms with van der Waals surface area (Å²) in [4.78, 5) is 10.9. The SMILES string of the molecule is NC(Cc1ccc(OCC2CC2)c2ccccc12)C(=O)O. The summed E-state index contributed by atoms with van der Waals surface area (Å²) in [6.45, 7) is 0.762. The number of benzene rings is 2. The van der Waals surface area contributed by atoms with Crippen molar-refractivity contribution in [3.8, 4) is 5.75 Å². The second-order valence-corrected chi connectivity index (χ2v) is 5.67. The topological polar surface area (TPSA) is 72.5 Å². The number of ether oxygens (including phenoxy) is 1. The number of carbonyl (C=O) groups is 1. The van der Waals surface area contributed by atoms with Gasteiger partial charge in [-0.25, -0.2) is 0 Å². The molecule has 0 aromatic heterocycles. The molecule has 1 aliphatic rings. The highest BCUT2D eigenvalue weighted by Crippen LogP contribution is 2.33. The molecular weight excluding hydrogens is 266 g/mol. The zero-order valence-corrected chi connectivity index (χ0v) is 11.8. The first-order valence-electron chi connectivity index (χ1n) is 7.27. The maximum absolute atomic E-state index is 10.9. The molecule has 0 aliphatic heterocycles. The van der Waals surface area contributed by atoms with Gasteiger partial charge >= 0.3 is 5.97 Å². The Balaban J connectivity index is 1.91. The Morgan fingerprint density at radius 2 is 1.95 bits per heavy atom. The molecule has 0 spiro atoms. The van der Waals surface area contributed by atoms with Crippen LogP contribution in [0.2, 0.25) is 0 Å². The van der Waals surface area contributed by atoms with Crippen molar-refractivity contribution in [1.29, 1.82) is 0 Å². The minimum Gasteiger partial charge on any atom is -0.493 e. The number of nitrogens with two attached hydrogens (primary N) is 1. The number of carboxylic acids is 1. The third-order valence-corrected chi connectivity index (χ3v) is 3.90. The first-order valence-corrected chi connectivity index (χ1v) is 7.27. The maximum atomic E-state index is 10.9. The van der Waals surface area contributed by atoms with E-state index >= 15 is 0 Å². The van der Waals surface area contributed by atoms with Gasteiger partial charge in [0.05, 0.1) is 6.61 Å². The zero-order chi connectivity index (χ0) is 14.8. The summed E-state index contributed by atoms with van der Waals surface area (Å²) < 4.78 is 5.90. The summed E-state index contributed by atoms with van der Waals surface area (Å²) >= 11 is 0. The fourth-order valence-electron chi connectivity index (χ4n) is 2.45. The molecule has 110 valence electrons. The van der Waals surface area contributed by atoms with Gasteiger partial charge in [-0.1, -0.05) is 30.3 Å². The quantitative estimate of drug-likeness (QED) is 0.855. The van der Waals surface area contributed by atoms with Crippen LogP contribution in [0.5, 0.6) is 5.75 Å². The molecule has 1 unspecified atom stereocenters. The molecule has 3 rings (SSSR count). The molecule has 0 heterocycles. The van der Waals surface area contributed by atoms with Crippen LogP contribution < -0.4 is 10.5 Å². The van der Waals surface area contributed by atoms with Crippen LogP contribution in [-0.2, 0) is 11.2 Å². The van der Waals surface area contributed by atoms with Crippen molar-refractivity contribution in [1.82, 2.24) is 0 Å². The van der Waals surface area contributed by atoms with E-state index in [0.717, 1.165) is 28.7 Å². The normalized spacial score (nSPS) is 15.9. The number of rotatable bonds is 6. The Bertz CT molecular complexity index is 664. The predicted molar refractivity (Wildman–Crippen MR) is 81.5 cm³/mol. The van der Waals surface area contributed by atoms with Crippen molar-refractivity contribution >= 4 is 16.7 Å². The van der Waals surface area contributed by atoms with Gasteiger partial charge in [-0.05, 0) is 42.2 Å².